The molecule has 0 bridgehead atoms. The van der Waals surface area contributed by atoms with Gasteiger partial charge >= 0.3 is 0 Å². The largest absolute Gasteiger partial charge is 0.398 e. The maximum absolute atomic E-state index is 12.1. The number of anilines is 1. The molecular formula is C16H13BrN4O. The van der Waals surface area contributed by atoms with Crippen molar-refractivity contribution in [2.75, 3.05) is 5.73 Å². The zero-order valence-corrected chi connectivity index (χ0v) is 13.4. The van der Waals surface area contributed by atoms with Crippen LogP contribution in [-0.2, 0) is 6.54 Å². The third-order valence-electron chi connectivity index (χ3n) is 4.18. The van der Waals surface area contributed by atoms with Gasteiger partial charge in [0, 0.05) is 27.5 Å². The highest BCUT2D eigenvalue weighted by Crippen LogP contribution is 2.41. The molecule has 3 aromatic rings. The van der Waals surface area contributed by atoms with E-state index in [1.807, 2.05) is 25.1 Å². The van der Waals surface area contributed by atoms with Crippen LogP contribution in [0.1, 0.15) is 21.5 Å². The van der Waals surface area contributed by atoms with Crippen LogP contribution in [0, 0.1) is 6.92 Å². The molecule has 1 aliphatic heterocycles. The summed E-state index contributed by atoms with van der Waals surface area (Å²) in [5.74, 6) is -0.118. The number of aromatic nitrogens is 2. The number of nitrogens with one attached hydrogen (secondary N) is 2. The second-order valence-corrected chi connectivity index (χ2v) is 6.30. The molecule has 0 radical (unpaired) electrons. The van der Waals surface area contributed by atoms with Gasteiger partial charge in [0.15, 0.2) is 0 Å². The first-order valence-corrected chi connectivity index (χ1v) is 7.69. The minimum atomic E-state index is -0.118. The van der Waals surface area contributed by atoms with Crippen LogP contribution in [0.4, 0.5) is 5.69 Å². The molecule has 22 heavy (non-hydrogen) atoms. The third-order valence-corrected chi connectivity index (χ3v) is 4.88. The Kier molecular flexibility index (Phi) is 2.77. The van der Waals surface area contributed by atoms with Crippen molar-refractivity contribution in [2.24, 2.45) is 0 Å². The number of amides is 1. The second kappa shape index (κ2) is 4.58. The number of hydrogen-bond donors (Lipinski definition) is 3. The number of aryl methyl sites for hydroxylation is 1. The Morgan fingerprint density at radius 3 is 2.95 bits per heavy atom. The number of aromatic amines is 1. The predicted octanol–water partition coefficient (Wildman–Crippen LogP) is 3.13. The summed E-state index contributed by atoms with van der Waals surface area (Å²) < 4.78 is 0.893. The fraction of sp³-hybridized carbons (Fsp3) is 0.125. The summed E-state index contributed by atoms with van der Waals surface area (Å²) in [5.41, 5.74) is 12.2. The van der Waals surface area contributed by atoms with Gasteiger partial charge in [0.05, 0.1) is 23.0 Å². The molecule has 0 aliphatic carbocycles. The van der Waals surface area contributed by atoms with E-state index in [4.69, 9.17) is 5.73 Å². The van der Waals surface area contributed by atoms with Crippen LogP contribution in [0.15, 0.2) is 28.9 Å². The van der Waals surface area contributed by atoms with Crippen molar-refractivity contribution in [3.63, 3.8) is 0 Å². The van der Waals surface area contributed by atoms with Gasteiger partial charge in [0.25, 0.3) is 5.91 Å². The zero-order valence-electron chi connectivity index (χ0n) is 11.8. The van der Waals surface area contributed by atoms with Gasteiger partial charge in [-0.15, -0.1) is 0 Å². The fourth-order valence-corrected chi connectivity index (χ4v) is 3.66. The zero-order chi connectivity index (χ0) is 15.4. The average molecular weight is 357 g/mol. The molecule has 4 N–H and O–H groups in total. The second-order valence-electron chi connectivity index (χ2n) is 5.44. The minimum absolute atomic E-state index is 0.118. The maximum atomic E-state index is 12.1. The molecule has 0 atom stereocenters. The number of nitrogen functional groups attached to an aromatic ring is 1. The number of hydrogen-bond acceptors (Lipinski definition) is 3. The number of nitrogens with two attached hydrogens (primary N) is 1. The van der Waals surface area contributed by atoms with Crippen molar-refractivity contribution in [2.45, 2.75) is 13.5 Å². The quantitative estimate of drug-likeness (QED) is 0.585. The number of carbonyl (C=O) groups is 1. The monoisotopic (exact) mass is 356 g/mol. The van der Waals surface area contributed by atoms with E-state index in [1.54, 1.807) is 6.20 Å². The normalized spacial score (nSPS) is 13.5. The van der Waals surface area contributed by atoms with Crippen LogP contribution in [0.25, 0.3) is 22.0 Å². The Bertz CT molecular complexity index is 945. The lowest BCUT2D eigenvalue weighted by Crippen LogP contribution is -2.13. The van der Waals surface area contributed by atoms with Crippen molar-refractivity contribution >= 4 is 38.4 Å². The van der Waals surface area contributed by atoms with Crippen molar-refractivity contribution in [1.82, 2.24) is 15.5 Å². The van der Waals surface area contributed by atoms with Crippen LogP contribution >= 0.6 is 15.9 Å². The standard InChI is InChI=1S/C16H13BrN4O/c1-7-2-3-12-10(6-20-21-12)13(7)8-4-11(17)9-5-19-16(22)14(9)15(8)18/h2-4,6H,5,18H2,1H3,(H,19,22)(H,20,21). The number of halogens is 1. The smallest absolute Gasteiger partial charge is 0.254 e. The number of rotatable bonds is 1. The Balaban J connectivity index is 2.10. The molecule has 6 heteroatoms. The van der Waals surface area contributed by atoms with E-state index in [2.05, 4.69) is 31.4 Å². The Hall–Kier alpha value is -2.34. The summed E-state index contributed by atoms with van der Waals surface area (Å²) in [6.45, 7) is 2.54. The molecule has 1 amide bonds. The summed E-state index contributed by atoms with van der Waals surface area (Å²) in [6, 6.07) is 6.01. The van der Waals surface area contributed by atoms with Gasteiger partial charge < -0.3 is 11.1 Å². The van der Waals surface area contributed by atoms with E-state index in [0.717, 1.165) is 37.6 Å². The van der Waals surface area contributed by atoms with E-state index in [1.165, 1.54) is 0 Å². The van der Waals surface area contributed by atoms with E-state index in [9.17, 15) is 4.79 Å². The van der Waals surface area contributed by atoms with Crippen molar-refractivity contribution in [1.29, 1.82) is 0 Å². The molecule has 0 fully saturated rings. The summed E-state index contributed by atoms with van der Waals surface area (Å²) in [6.07, 6.45) is 1.79. The first-order valence-electron chi connectivity index (χ1n) is 6.90. The van der Waals surface area contributed by atoms with Gasteiger partial charge in [-0.05, 0) is 30.2 Å². The van der Waals surface area contributed by atoms with E-state index in [0.29, 0.717) is 17.8 Å². The number of carbonyl (C=O) groups excluding carboxylic acids is 1. The molecule has 0 saturated heterocycles. The van der Waals surface area contributed by atoms with Crippen LogP contribution in [0.2, 0.25) is 0 Å². The SMILES string of the molecule is Cc1ccc2[nH]ncc2c1-c1cc(Br)c2c(c1N)C(=O)NC2. The van der Waals surface area contributed by atoms with E-state index < -0.39 is 0 Å². The Labute approximate surface area is 135 Å². The highest BCUT2D eigenvalue weighted by atomic mass is 79.9. The molecule has 5 nitrogen and oxygen atoms in total. The van der Waals surface area contributed by atoms with Crippen molar-refractivity contribution in [3.8, 4) is 11.1 Å². The molecular weight excluding hydrogens is 344 g/mol. The minimum Gasteiger partial charge on any atom is -0.398 e. The molecule has 110 valence electrons. The van der Waals surface area contributed by atoms with Crippen LogP contribution < -0.4 is 11.1 Å². The first kappa shape index (κ1) is 13.3. The van der Waals surface area contributed by atoms with Gasteiger partial charge in [-0.3, -0.25) is 9.89 Å². The lowest BCUT2D eigenvalue weighted by molar-refractivity contribution is 0.0966. The highest BCUT2D eigenvalue weighted by molar-refractivity contribution is 9.10. The fourth-order valence-electron chi connectivity index (χ4n) is 3.09. The molecule has 0 saturated carbocycles. The van der Waals surface area contributed by atoms with Crippen molar-refractivity contribution < 1.29 is 4.79 Å². The van der Waals surface area contributed by atoms with E-state index >= 15 is 0 Å². The van der Waals surface area contributed by atoms with Crippen LogP contribution in [-0.4, -0.2) is 16.1 Å². The van der Waals surface area contributed by atoms with Crippen LogP contribution in [0.3, 0.4) is 0 Å². The topological polar surface area (TPSA) is 83.8 Å². The van der Waals surface area contributed by atoms with Gasteiger partial charge in [-0.25, -0.2) is 0 Å². The number of benzene rings is 2. The third kappa shape index (κ3) is 1.70. The van der Waals surface area contributed by atoms with Crippen LogP contribution in [0.5, 0.6) is 0 Å². The van der Waals surface area contributed by atoms with Gasteiger partial charge in [0.2, 0.25) is 0 Å². The molecule has 1 aromatic heterocycles. The molecule has 2 aromatic carbocycles. The Morgan fingerprint density at radius 1 is 1.32 bits per heavy atom. The van der Waals surface area contributed by atoms with Gasteiger partial charge in [0.1, 0.15) is 0 Å². The highest BCUT2D eigenvalue weighted by Gasteiger charge is 2.27. The summed E-state index contributed by atoms with van der Waals surface area (Å²) >= 11 is 3.57. The predicted molar refractivity (Wildman–Crippen MR) is 89.5 cm³/mol. The lowest BCUT2D eigenvalue weighted by atomic mass is 9.92. The molecule has 1 aliphatic rings. The van der Waals surface area contributed by atoms with E-state index in [-0.39, 0.29) is 5.91 Å². The number of nitrogens with zero attached hydrogens (tertiary/aromatic N) is 1. The maximum Gasteiger partial charge on any atom is 0.254 e. The van der Waals surface area contributed by atoms with Crippen molar-refractivity contribution in [3.05, 3.63) is 45.6 Å². The summed E-state index contributed by atoms with van der Waals surface area (Å²) in [5, 5.41) is 10.9. The molecule has 4 rings (SSSR count). The first-order chi connectivity index (χ1) is 10.6. The Morgan fingerprint density at radius 2 is 2.14 bits per heavy atom. The molecule has 0 unspecified atom stereocenters. The summed E-state index contributed by atoms with van der Waals surface area (Å²) in [4.78, 5) is 12.1. The number of H-pyrrole nitrogens is 1. The number of fused-ring (bicyclic) bond motifs is 2. The summed E-state index contributed by atoms with van der Waals surface area (Å²) in [7, 11) is 0. The van der Waals surface area contributed by atoms with Gasteiger partial charge in [-0.1, -0.05) is 22.0 Å². The molecule has 0 spiro atoms. The average Bonchev–Trinajstić information content (AvgIpc) is 3.10. The molecule has 2 heterocycles. The van der Waals surface area contributed by atoms with Gasteiger partial charge in [-0.2, -0.15) is 5.10 Å². The lowest BCUT2D eigenvalue weighted by Gasteiger charge is -2.14.